The van der Waals surface area contributed by atoms with Crippen LogP contribution < -0.4 is 4.72 Å². The monoisotopic (exact) mass is 369 g/mol. The molecule has 0 saturated carbocycles. The zero-order valence-electron chi connectivity index (χ0n) is 10.5. The van der Waals surface area contributed by atoms with Gasteiger partial charge in [0.05, 0.1) is 17.4 Å². The third kappa shape index (κ3) is 2.77. The van der Waals surface area contributed by atoms with E-state index in [-0.39, 0.29) is 0 Å². The molecule has 0 spiro atoms. The fraction of sp³-hybridized carbons (Fsp3) is 0. The lowest BCUT2D eigenvalue weighted by Gasteiger charge is -2.09. The van der Waals surface area contributed by atoms with E-state index in [1.54, 1.807) is 24.4 Å². The number of rotatable bonds is 3. The first-order chi connectivity index (χ1) is 9.95. The summed E-state index contributed by atoms with van der Waals surface area (Å²) < 4.78 is 41.0. The Morgan fingerprint density at radius 1 is 1.19 bits per heavy atom. The van der Waals surface area contributed by atoms with E-state index < -0.39 is 20.7 Å². The van der Waals surface area contributed by atoms with Gasteiger partial charge in [0.1, 0.15) is 10.7 Å². The van der Waals surface area contributed by atoms with Crippen molar-refractivity contribution in [2.75, 3.05) is 4.72 Å². The molecule has 5 nitrogen and oxygen atoms in total. The zero-order valence-corrected chi connectivity index (χ0v) is 12.9. The topological polar surface area (TPSA) is 74.8 Å². The summed E-state index contributed by atoms with van der Waals surface area (Å²) in [7, 11) is -3.99. The number of anilines is 1. The Kier molecular flexibility index (Phi) is 3.42. The maximum absolute atomic E-state index is 13.8. The molecule has 0 aliphatic heterocycles. The van der Waals surface area contributed by atoms with E-state index in [0.717, 1.165) is 11.5 Å². The summed E-state index contributed by atoms with van der Waals surface area (Å²) >= 11 is 3.09. The van der Waals surface area contributed by atoms with Gasteiger partial charge in [-0.15, -0.1) is 0 Å². The van der Waals surface area contributed by atoms with Crippen molar-refractivity contribution in [2.24, 2.45) is 0 Å². The number of aromatic nitrogens is 2. The van der Waals surface area contributed by atoms with Crippen LogP contribution in [0.4, 0.5) is 10.1 Å². The highest BCUT2D eigenvalue weighted by Gasteiger charge is 2.19. The van der Waals surface area contributed by atoms with Crippen LogP contribution in [-0.4, -0.2) is 18.6 Å². The van der Waals surface area contributed by atoms with E-state index in [0.29, 0.717) is 15.7 Å². The van der Waals surface area contributed by atoms with Crippen molar-refractivity contribution in [2.45, 2.75) is 4.90 Å². The number of sulfonamides is 1. The smallest absolute Gasteiger partial charge is 0.264 e. The van der Waals surface area contributed by atoms with Gasteiger partial charge in [-0.05, 0) is 36.4 Å². The van der Waals surface area contributed by atoms with Crippen molar-refractivity contribution in [1.82, 2.24) is 10.2 Å². The fourth-order valence-electron chi connectivity index (χ4n) is 1.90. The molecule has 0 radical (unpaired) electrons. The lowest BCUT2D eigenvalue weighted by atomic mass is 10.2. The van der Waals surface area contributed by atoms with E-state index in [1.807, 2.05) is 0 Å². The van der Waals surface area contributed by atoms with Crippen LogP contribution in [0.3, 0.4) is 0 Å². The van der Waals surface area contributed by atoms with Crippen LogP contribution in [-0.2, 0) is 10.0 Å². The molecule has 0 fully saturated rings. The molecule has 8 heteroatoms. The number of halogens is 2. The normalized spacial score (nSPS) is 11.7. The molecule has 3 rings (SSSR count). The first-order valence-corrected chi connectivity index (χ1v) is 8.14. The van der Waals surface area contributed by atoms with Gasteiger partial charge in [-0.25, -0.2) is 12.8 Å². The molecule has 108 valence electrons. The molecule has 1 aromatic heterocycles. The van der Waals surface area contributed by atoms with Gasteiger partial charge in [0, 0.05) is 9.86 Å². The SMILES string of the molecule is O=S(=O)(Nc1ccc2cn[nH]c2c1)c1ccc(Br)cc1F. The van der Waals surface area contributed by atoms with Crippen LogP contribution in [0.25, 0.3) is 10.9 Å². The highest BCUT2D eigenvalue weighted by atomic mass is 79.9. The Bertz CT molecular complexity index is 924. The minimum absolute atomic E-state index is 0.328. The van der Waals surface area contributed by atoms with E-state index in [2.05, 4.69) is 30.8 Å². The highest BCUT2D eigenvalue weighted by molar-refractivity contribution is 9.10. The molecule has 0 atom stereocenters. The van der Waals surface area contributed by atoms with Crippen molar-refractivity contribution < 1.29 is 12.8 Å². The van der Waals surface area contributed by atoms with Gasteiger partial charge in [0.25, 0.3) is 10.0 Å². The molecule has 1 heterocycles. The summed E-state index contributed by atoms with van der Waals surface area (Å²) in [4.78, 5) is -0.407. The van der Waals surface area contributed by atoms with Crippen molar-refractivity contribution in [1.29, 1.82) is 0 Å². The Hall–Kier alpha value is -1.93. The zero-order chi connectivity index (χ0) is 15.0. The van der Waals surface area contributed by atoms with Gasteiger partial charge in [-0.1, -0.05) is 15.9 Å². The average Bonchev–Trinajstić information content (AvgIpc) is 2.85. The second-order valence-electron chi connectivity index (χ2n) is 4.35. The molecule has 2 aromatic carbocycles. The largest absolute Gasteiger partial charge is 0.279 e. The van der Waals surface area contributed by atoms with Gasteiger partial charge in [0.2, 0.25) is 0 Å². The van der Waals surface area contributed by atoms with Gasteiger partial charge in [0.15, 0.2) is 0 Å². The number of H-pyrrole nitrogens is 1. The molecular weight excluding hydrogens is 361 g/mol. The minimum Gasteiger partial charge on any atom is -0.279 e. The second kappa shape index (κ2) is 5.12. The first-order valence-electron chi connectivity index (χ1n) is 5.87. The molecule has 0 unspecified atom stereocenters. The lowest BCUT2D eigenvalue weighted by molar-refractivity contribution is 0.570. The molecule has 0 amide bonds. The molecule has 0 aliphatic rings. The molecular formula is C13H9BrFN3O2S. The van der Waals surface area contributed by atoms with E-state index in [4.69, 9.17) is 0 Å². The summed E-state index contributed by atoms with van der Waals surface area (Å²) in [6, 6.07) is 8.68. The summed E-state index contributed by atoms with van der Waals surface area (Å²) in [6.07, 6.45) is 1.63. The summed E-state index contributed by atoms with van der Waals surface area (Å²) in [5.41, 5.74) is 1.01. The van der Waals surface area contributed by atoms with Crippen LogP contribution in [0.2, 0.25) is 0 Å². The van der Waals surface area contributed by atoms with E-state index in [1.165, 1.54) is 12.1 Å². The van der Waals surface area contributed by atoms with Gasteiger partial charge in [-0.2, -0.15) is 5.10 Å². The summed E-state index contributed by atoms with van der Waals surface area (Å²) in [5, 5.41) is 7.45. The fourth-order valence-corrected chi connectivity index (χ4v) is 3.35. The minimum atomic E-state index is -3.99. The van der Waals surface area contributed by atoms with E-state index in [9.17, 15) is 12.8 Å². The Balaban J connectivity index is 1.98. The van der Waals surface area contributed by atoms with Crippen molar-refractivity contribution in [3.63, 3.8) is 0 Å². The summed E-state index contributed by atoms with van der Waals surface area (Å²) in [5.74, 6) is -0.820. The number of nitrogens with zero attached hydrogens (tertiary/aromatic N) is 1. The van der Waals surface area contributed by atoms with Crippen molar-refractivity contribution in [3.05, 3.63) is 52.9 Å². The highest BCUT2D eigenvalue weighted by Crippen LogP contribution is 2.23. The predicted octanol–water partition coefficient (Wildman–Crippen LogP) is 3.27. The quantitative estimate of drug-likeness (QED) is 0.743. The molecule has 0 saturated heterocycles. The molecule has 2 N–H and O–H groups in total. The number of benzene rings is 2. The standard InChI is InChI=1S/C13H9BrFN3O2S/c14-9-2-4-13(11(15)5-9)21(19,20)18-10-3-1-8-7-16-17-12(8)6-10/h1-7,18H,(H,16,17). The number of fused-ring (bicyclic) bond motifs is 1. The number of aromatic amines is 1. The third-order valence-corrected chi connectivity index (χ3v) is 4.79. The van der Waals surface area contributed by atoms with Crippen LogP contribution in [0.5, 0.6) is 0 Å². The van der Waals surface area contributed by atoms with Crippen LogP contribution in [0, 0.1) is 5.82 Å². The average molecular weight is 370 g/mol. The second-order valence-corrected chi connectivity index (χ2v) is 6.92. The van der Waals surface area contributed by atoms with Crippen molar-refractivity contribution >= 4 is 42.5 Å². The molecule has 21 heavy (non-hydrogen) atoms. The Morgan fingerprint density at radius 2 is 2.00 bits per heavy atom. The van der Waals surface area contributed by atoms with Gasteiger partial charge in [-0.3, -0.25) is 9.82 Å². The molecule has 0 bridgehead atoms. The number of hydrogen-bond donors (Lipinski definition) is 2. The van der Waals surface area contributed by atoms with Crippen LogP contribution >= 0.6 is 15.9 Å². The van der Waals surface area contributed by atoms with Crippen LogP contribution in [0.15, 0.2) is 52.0 Å². The number of hydrogen-bond acceptors (Lipinski definition) is 3. The first kappa shape index (κ1) is 14.0. The Morgan fingerprint density at radius 3 is 2.76 bits per heavy atom. The van der Waals surface area contributed by atoms with Crippen molar-refractivity contribution in [3.8, 4) is 0 Å². The summed E-state index contributed by atoms with van der Waals surface area (Å²) in [6.45, 7) is 0. The van der Waals surface area contributed by atoms with E-state index >= 15 is 0 Å². The lowest BCUT2D eigenvalue weighted by Crippen LogP contribution is -2.14. The molecule has 3 aromatic rings. The molecule has 0 aliphatic carbocycles. The Labute approximate surface area is 128 Å². The number of nitrogens with one attached hydrogen (secondary N) is 2. The van der Waals surface area contributed by atoms with Gasteiger partial charge < -0.3 is 0 Å². The third-order valence-electron chi connectivity index (χ3n) is 2.88. The van der Waals surface area contributed by atoms with Gasteiger partial charge >= 0.3 is 0 Å². The van der Waals surface area contributed by atoms with Crippen LogP contribution in [0.1, 0.15) is 0 Å². The maximum atomic E-state index is 13.8. The maximum Gasteiger partial charge on any atom is 0.264 e. The predicted molar refractivity (Wildman–Crippen MR) is 81.0 cm³/mol.